The molecule has 0 spiro atoms. The van der Waals surface area contributed by atoms with Crippen molar-refractivity contribution >= 4 is 0 Å². The third-order valence-electron chi connectivity index (χ3n) is 2.65. The fourth-order valence-electron chi connectivity index (χ4n) is 1.74. The zero-order chi connectivity index (χ0) is 11.5. The van der Waals surface area contributed by atoms with Crippen LogP contribution in [0.25, 0.3) is 0 Å². The average molecular weight is 213 g/mol. The van der Waals surface area contributed by atoms with E-state index in [1.54, 1.807) is 0 Å². The van der Waals surface area contributed by atoms with Gasteiger partial charge in [0.1, 0.15) is 0 Å². The molecular formula is C13H27NO. The van der Waals surface area contributed by atoms with Gasteiger partial charge in [-0.15, -0.1) is 0 Å². The van der Waals surface area contributed by atoms with Gasteiger partial charge in [-0.2, -0.15) is 0 Å². The highest BCUT2D eigenvalue weighted by Crippen LogP contribution is 2.24. The predicted octanol–water partition coefficient (Wildman–Crippen LogP) is 3.11. The quantitative estimate of drug-likeness (QED) is 0.685. The van der Waals surface area contributed by atoms with Crippen molar-refractivity contribution in [3.8, 4) is 0 Å². The van der Waals surface area contributed by atoms with Crippen molar-refractivity contribution in [3.05, 3.63) is 0 Å². The number of ether oxygens (including phenoxy) is 1. The maximum atomic E-state index is 5.72. The Bertz CT molecular complexity index is 189. The summed E-state index contributed by atoms with van der Waals surface area (Å²) in [6, 6.07) is 0.795. The molecule has 0 aromatic rings. The molecule has 1 rings (SSSR count). The molecule has 90 valence electrons. The molecule has 0 aliphatic heterocycles. The van der Waals surface area contributed by atoms with Crippen LogP contribution in [0.5, 0.6) is 0 Å². The maximum Gasteiger partial charge on any atom is 0.0598 e. The highest BCUT2D eigenvalue weighted by molar-refractivity contribution is 4.89. The Balaban J connectivity index is 2.07. The van der Waals surface area contributed by atoms with Gasteiger partial charge >= 0.3 is 0 Å². The molecule has 1 aliphatic carbocycles. The maximum absolute atomic E-state index is 5.72. The lowest BCUT2D eigenvalue weighted by molar-refractivity contribution is -0.00658. The van der Waals surface area contributed by atoms with Crippen LogP contribution >= 0.6 is 0 Å². The van der Waals surface area contributed by atoms with Gasteiger partial charge in [-0.25, -0.2) is 0 Å². The molecule has 1 fully saturated rings. The van der Waals surface area contributed by atoms with Crippen molar-refractivity contribution in [1.29, 1.82) is 0 Å². The van der Waals surface area contributed by atoms with Gasteiger partial charge in [0, 0.05) is 18.2 Å². The molecule has 0 amide bonds. The second-order valence-corrected chi connectivity index (χ2v) is 6.37. The molecule has 2 heteroatoms. The topological polar surface area (TPSA) is 21.3 Å². The molecule has 1 N–H and O–H groups in total. The number of hydrogen-bond acceptors (Lipinski definition) is 2. The molecule has 0 saturated heterocycles. The Labute approximate surface area is 94.8 Å². The monoisotopic (exact) mass is 213 g/mol. The standard InChI is InChI=1S/C13H27NO/c1-12(2,3)15-10-6-9-13(4,5)14-11-7-8-11/h11,14H,6-10H2,1-5H3. The summed E-state index contributed by atoms with van der Waals surface area (Å²) in [5.41, 5.74) is 0.288. The Kier molecular flexibility index (Phi) is 4.19. The molecule has 0 heterocycles. The van der Waals surface area contributed by atoms with E-state index in [4.69, 9.17) is 4.74 Å². The summed E-state index contributed by atoms with van der Waals surface area (Å²) in [5, 5.41) is 3.67. The molecule has 0 radical (unpaired) electrons. The first-order chi connectivity index (χ1) is 6.79. The average Bonchev–Trinajstić information content (AvgIpc) is 2.79. The van der Waals surface area contributed by atoms with E-state index in [9.17, 15) is 0 Å². The molecule has 0 atom stereocenters. The van der Waals surface area contributed by atoms with Crippen LogP contribution in [0.2, 0.25) is 0 Å². The van der Waals surface area contributed by atoms with Gasteiger partial charge in [-0.1, -0.05) is 0 Å². The third kappa shape index (κ3) is 6.91. The first-order valence-corrected chi connectivity index (χ1v) is 6.20. The SMILES string of the molecule is CC(C)(CCCOC(C)(C)C)NC1CC1. The van der Waals surface area contributed by atoms with Gasteiger partial charge < -0.3 is 10.1 Å². The minimum absolute atomic E-state index is 0.00800. The normalized spacial score (nSPS) is 18.2. The van der Waals surface area contributed by atoms with Crippen LogP contribution in [-0.4, -0.2) is 23.8 Å². The summed E-state index contributed by atoms with van der Waals surface area (Å²) in [7, 11) is 0. The first kappa shape index (κ1) is 13.0. The molecule has 15 heavy (non-hydrogen) atoms. The van der Waals surface area contributed by atoms with E-state index in [2.05, 4.69) is 39.9 Å². The first-order valence-electron chi connectivity index (χ1n) is 6.20. The highest BCUT2D eigenvalue weighted by atomic mass is 16.5. The van der Waals surface area contributed by atoms with E-state index < -0.39 is 0 Å². The Hall–Kier alpha value is -0.0800. The lowest BCUT2D eigenvalue weighted by Crippen LogP contribution is -2.40. The van der Waals surface area contributed by atoms with E-state index in [1.165, 1.54) is 19.3 Å². The Morgan fingerprint density at radius 1 is 1.13 bits per heavy atom. The van der Waals surface area contributed by atoms with Gasteiger partial charge in [0.05, 0.1) is 5.60 Å². The van der Waals surface area contributed by atoms with Gasteiger partial charge in [0.25, 0.3) is 0 Å². The van der Waals surface area contributed by atoms with E-state index in [1.807, 2.05) is 0 Å². The van der Waals surface area contributed by atoms with Crippen molar-refractivity contribution in [2.24, 2.45) is 0 Å². The fraction of sp³-hybridized carbons (Fsp3) is 1.00. The predicted molar refractivity (Wildman–Crippen MR) is 65.2 cm³/mol. The van der Waals surface area contributed by atoms with Crippen molar-refractivity contribution in [3.63, 3.8) is 0 Å². The summed E-state index contributed by atoms with van der Waals surface area (Å²) < 4.78 is 5.72. The number of hydrogen-bond donors (Lipinski definition) is 1. The van der Waals surface area contributed by atoms with Gasteiger partial charge in [0.15, 0.2) is 0 Å². The van der Waals surface area contributed by atoms with Crippen LogP contribution in [0.4, 0.5) is 0 Å². The Morgan fingerprint density at radius 2 is 1.73 bits per heavy atom. The molecule has 2 nitrogen and oxygen atoms in total. The van der Waals surface area contributed by atoms with E-state index in [-0.39, 0.29) is 11.1 Å². The fourth-order valence-corrected chi connectivity index (χ4v) is 1.74. The van der Waals surface area contributed by atoms with Crippen LogP contribution in [0.15, 0.2) is 0 Å². The highest BCUT2D eigenvalue weighted by Gasteiger charge is 2.28. The zero-order valence-electron chi connectivity index (χ0n) is 11.0. The molecule has 1 aliphatic rings. The van der Waals surface area contributed by atoms with Crippen molar-refractivity contribution in [1.82, 2.24) is 5.32 Å². The smallest absolute Gasteiger partial charge is 0.0598 e. The van der Waals surface area contributed by atoms with Gasteiger partial charge in [-0.3, -0.25) is 0 Å². The second kappa shape index (κ2) is 4.84. The second-order valence-electron chi connectivity index (χ2n) is 6.37. The Morgan fingerprint density at radius 3 is 2.20 bits per heavy atom. The van der Waals surface area contributed by atoms with Crippen molar-refractivity contribution < 1.29 is 4.74 Å². The van der Waals surface area contributed by atoms with E-state index in [0.29, 0.717) is 0 Å². The summed E-state index contributed by atoms with van der Waals surface area (Å²) in [4.78, 5) is 0. The van der Waals surface area contributed by atoms with E-state index in [0.717, 1.165) is 19.1 Å². The minimum Gasteiger partial charge on any atom is -0.376 e. The molecular weight excluding hydrogens is 186 g/mol. The summed E-state index contributed by atoms with van der Waals surface area (Å²) in [6.45, 7) is 11.8. The van der Waals surface area contributed by atoms with Crippen molar-refractivity contribution in [2.75, 3.05) is 6.61 Å². The molecule has 1 saturated carbocycles. The van der Waals surface area contributed by atoms with E-state index >= 15 is 0 Å². The van der Waals surface area contributed by atoms with Crippen LogP contribution in [0.3, 0.4) is 0 Å². The van der Waals surface area contributed by atoms with Crippen LogP contribution in [-0.2, 0) is 4.74 Å². The zero-order valence-corrected chi connectivity index (χ0v) is 11.0. The summed E-state index contributed by atoms with van der Waals surface area (Å²) in [5.74, 6) is 0. The molecule has 0 unspecified atom stereocenters. The lowest BCUT2D eigenvalue weighted by Gasteiger charge is -2.27. The van der Waals surface area contributed by atoms with Gasteiger partial charge in [0.2, 0.25) is 0 Å². The van der Waals surface area contributed by atoms with Gasteiger partial charge in [-0.05, 0) is 60.3 Å². The van der Waals surface area contributed by atoms with Crippen LogP contribution < -0.4 is 5.32 Å². The summed E-state index contributed by atoms with van der Waals surface area (Å²) in [6.07, 6.45) is 5.06. The molecule has 0 aromatic carbocycles. The van der Waals surface area contributed by atoms with Crippen LogP contribution in [0, 0.1) is 0 Å². The van der Waals surface area contributed by atoms with Crippen molar-refractivity contribution in [2.45, 2.75) is 77.5 Å². The largest absolute Gasteiger partial charge is 0.376 e. The lowest BCUT2D eigenvalue weighted by atomic mass is 9.98. The number of nitrogens with one attached hydrogen (secondary N) is 1. The minimum atomic E-state index is 0.00800. The molecule has 0 aromatic heterocycles. The van der Waals surface area contributed by atoms with Crippen LogP contribution in [0.1, 0.15) is 60.3 Å². The number of rotatable bonds is 6. The third-order valence-corrected chi connectivity index (χ3v) is 2.65. The summed E-state index contributed by atoms with van der Waals surface area (Å²) >= 11 is 0. The molecule has 0 bridgehead atoms.